The van der Waals surface area contributed by atoms with E-state index in [-0.39, 0.29) is 6.10 Å². The van der Waals surface area contributed by atoms with Gasteiger partial charge in [-0.2, -0.15) is 0 Å². The van der Waals surface area contributed by atoms with E-state index in [0.717, 1.165) is 42.5 Å². The second-order valence-electron chi connectivity index (χ2n) is 7.13. The van der Waals surface area contributed by atoms with Crippen molar-refractivity contribution in [3.63, 3.8) is 0 Å². The average molecular weight is 398 g/mol. The van der Waals surface area contributed by atoms with Crippen LogP contribution in [0.4, 0.5) is 0 Å². The number of hydrogen-bond acceptors (Lipinski definition) is 3. The molecule has 4 heteroatoms. The molecule has 3 aromatic rings. The predicted molar refractivity (Wildman–Crippen MR) is 117 cm³/mol. The van der Waals surface area contributed by atoms with E-state index >= 15 is 0 Å². The van der Waals surface area contributed by atoms with Crippen LogP contribution in [0.15, 0.2) is 60.7 Å². The average Bonchev–Trinajstić information content (AvgIpc) is 2.70. The van der Waals surface area contributed by atoms with Gasteiger partial charge in [-0.15, -0.1) is 0 Å². The van der Waals surface area contributed by atoms with E-state index in [1.165, 1.54) is 16.3 Å². The fourth-order valence-corrected chi connectivity index (χ4v) is 3.23. The summed E-state index contributed by atoms with van der Waals surface area (Å²) >= 11 is 5.97. The molecule has 0 saturated heterocycles. The van der Waals surface area contributed by atoms with Gasteiger partial charge < -0.3 is 14.8 Å². The van der Waals surface area contributed by atoms with Gasteiger partial charge in [-0.25, -0.2) is 0 Å². The molecule has 0 atom stereocenters. The number of fused-ring (bicyclic) bond motifs is 1. The van der Waals surface area contributed by atoms with Crippen molar-refractivity contribution in [2.24, 2.45) is 0 Å². The van der Waals surface area contributed by atoms with Crippen LogP contribution in [0.2, 0.25) is 5.02 Å². The maximum atomic E-state index is 6.17. The van der Waals surface area contributed by atoms with Crippen LogP contribution in [-0.4, -0.2) is 19.3 Å². The van der Waals surface area contributed by atoms with Gasteiger partial charge in [-0.1, -0.05) is 54.1 Å². The number of ether oxygens (including phenoxy) is 2. The third kappa shape index (κ3) is 5.96. The molecule has 0 heterocycles. The third-order valence-corrected chi connectivity index (χ3v) is 4.81. The van der Waals surface area contributed by atoms with Crippen molar-refractivity contribution in [1.29, 1.82) is 0 Å². The number of benzene rings is 3. The van der Waals surface area contributed by atoms with Crippen LogP contribution < -0.4 is 10.1 Å². The fraction of sp³-hybridized carbons (Fsp3) is 0.333. The van der Waals surface area contributed by atoms with Crippen molar-refractivity contribution < 1.29 is 9.47 Å². The SMILES string of the molecule is CC(C)OCCCNCc1c(OCc2ccc(Cl)cc2)ccc2ccccc12. The Morgan fingerprint density at radius 1 is 0.964 bits per heavy atom. The Bertz CT molecular complexity index is 877. The molecule has 1 N–H and O–H groups in total. The molecule has 0 aliphatic carbocycles. The topological polar surface area (TPSA) is 30.5 Å². The van der Waals surface area contributed by atoms with Crippen molar-refractivity contribution in [2.45, 2.75) is 39.5 Å². The van der Waals surface area contributed by atoms with E-state index in [9.17, 15) is 0 Å². The minimum absolute atomic E-state index is 0.283. The zero-order valence-corrected chi connectivity index (χ0v) is 17.3. The molecule has 0 spiro atoms. The number of rotatable bonds is 10. The minimum Gasteiger partial charge on any atom is -0.489 e. The molecule has 0 saturated carbocycles. The van der Waals surface area contributed by atoms with E-state index in [0.29, 0.717) is 6.61 Å². The Balaban J connectivity index is 1.68. The second kappa shape index (κ2) is 10.5. The lowest BCUT2D eigenvalue weighted by Crippen LogP contribution is -2.18. The molecule has 0 aromatic heterocycles. The molecule has 148 valence electrons. The lowest BCUT2D eigenvalue weighted by molar-refractivity contribution is 0.0770. The molecular weight excluding hydrogens is 370 g/mol. The van der Waals surface area contributed by atoms with E-state index < -0.39 is 0 Å². The fourth-order valence-electron chi connectivity index (χ4n) is 3.10. The van der Waals surface area contributed by atoms with Crippen LogP contribution in [0, 0.1) is 0 Å². The second-order valence-corrected chi connectivity index (χ2v) is 7.56. The summed E-state index contributed by atoms with van der Waals surface area (Å²) < 4.78 is 11.8. The van der Waals surface area contributed by atoms with E-state index in [1.807, 2.05) is 24.3 Å². The van der Waals surface area contributed by atoms with E-state index in [2.05, 4.69) is 55.6 Å². The zero-order chi connectivity index (χ0) is 19.8. The van der Waals surface area contributed by atoms with Crippen LogP contribution in [-0.2, 0) is 17.9 Å². The van der Waals surface area contributed by atoms with Gasteiger partial charge >= 0.3 is 0 Å². The Morgan fingerprint density at radius 3 is 2.54 bits per heavy atom. The smallest absolute Gasteiger partial charge is 0.124 e. The molecule has 3 nitrogen and oxygen atoms in total. The van der Waals surface area contributed by atoms with E-state index in [1.54, 1.807) is 0 Å². The first-order valence-corrected chi connectivity index (χ1v) is 10.2. The molecule has 28 heavy (non-hydrogen) atoms. The zero-order valence-electron chi connectivity index (χ0n) is 16.6. The predicted octanol–water partition coefficient (Wildman–Crippen LogP) is 5.98. The van der Waals surface area contributed by atoms with E-state index in [4.69, 9.17) is 21.1 Å². The Kier molecular flexibility index (Phi) is 7.72. The molecule has 3 aromatic carbocycles. The van der Waals surface area contributed by atoms with Crippen molar-refractivity contribution in [3.05, 3.63) is 76.8 Å². The van der Waals surface area contributed by atoms with Gasteiger partial charge in [0.25, 0.3) is 0 Å². The van der Waals surface area contributed by atoms with Gasteiger partial charge in [0.05, 0.1) is 6.10 Å². The van der Waals surface area contributed by atoms with Gasteiger partial charge in [0.15, 0.2) is 0 Å². The minimum atomic E-state index is 0.283. The van der Waals surface area contributed by atoms with Crippen LogP contribution in [0.3, 0.4) is 0 Å². The van der Waals surface area contributed by atoms with Crippen LogP contribution in [0.25, 0.3) is 10.8 Å². The summed E-state index contributed by atoms with van der Waals surface area (Å²) in [5.41, 5.74) is 2.29. The Labute approximate surface area is 172 Å². The summed E-state index contributed by atoms with van der Waals surface area (Å²) in [6.45, 7) is 7.10. The highest BCUT2D eigenvalue weighted by atomic mass is 35.5. The lowest BCUT2D eigenvalue weighted by atomic mass is 10.0. The highest BCUT2D eigenvalue weighted by Gasteiger charge is 2.09. The molecule has 0 aliphatic heterocycles. The maximum Gasteiger partial charge on any atom is 0.124 e. The standard InChI is InChI=1S/C24H28ClNO2/c1-18(2)27-15-5-14-26-16-23-22-7-4-3-6-20(22)10-13-24(23)28-17-19-8-11-21(25)12-9-19/h3-4,6-13,18,26H,5,14-17H2,1-2H3. The van der Waals surface area contributed by atoms with Crippen LogP contribution in [0.5, 0.6) is 5.75 Å². The summed E-state index contributed by atoms with van der Waals surface area (Å²) in [6.07, 6.45) is 1.27. The largest absolute Gasteiger partial charge is 0.489 e. The molecule has 3 rings (SSSR count). The van der Waals surface area contributed by atoms with Crippen molar-refractivity contribution in [1.82, 2.24) is 5.32 Å². The van der Waals surface area contributed by atoms with Crippen molar-refractivity contribution in [2.75, 3.05) is 13.2 Å². The van der Waals surface area contributed by atoms with Gasteiger partial charge in [0, 0.05) is 23.7 Å². The summed E-state index contributed by atoms with van der Waals surface area (Å²) in [6, 6.07) is 20.4. The summed E-state index contributed by atoms with van der Waals surface area (Å²) in [7, 11) is 0. The van der Waals surface area contributed by atoms with Crippen LogP contribution in [0.1, 0.15) is 31.4 Å². The molecule has 0 amide bonds. The first-order valence-electron chi connectivity index (χ1n) is 9.83. The quantitative estimate of drug-likeness (QED) is 0.427. The first-order chi connectivity index (χ1) is 13.6. The number of halogens is 1. The molecule has 0 fully saturated rings. The first kappa shape index (κ1) is 20.7. The lowest BCUT2D eigenvalue weighted by Gasteiger charge is -2.15. The number of nitrogens with one attached hydrogen (secondary N) is 1. The van der Waals surface area contributed by atoms with Crippen LogP contribution >= 0.6 is 11.6 Å². The molecular formula is C24H28ClNO2. The van der Waals surface area contributed by atoms with Crippen molar-refractivity contribution in [3.8, 4) is 5.75 Å². The Morgan fingerprint density at radius 2 is 1.75 bits per heavy atom. The van der Waals surface area contributed by atoms with Crippen molar-refractivity contribution >= 4 is 22.4 Å². The highest BCUT2D eigenvalue weighted by Crippen LogP contribution is 2.29. The molecule has 0 radical (unpaired) electrons. The van der Waals surface area contributed by atoms with Gasteiger partial charge in [-0.3, -0.25) is 0 Å². The summed E-state index contributed by atoms with van der Waals surface area (Å²) in [5.74, 6) is 0.916. The maximum absolute atomic E-state index is 6.17. The normalized spacial score (nSPS) is 11.3. The summed E-state index contributed by atoms with van der Waals surface area (Å²) in [4.78, 5) is 0. The van der Waals surface area contributed by atoms with Gasteiger partial charge in [0.1, 0.15) is 12.4 Å². The Hall–Kier alpha value is -2.07. The summed E-state index contributed by atoms with van der Waals surface area (Å²) in [5, 5.41) is 6.72. The molecule has 0 unspecified atom stereocenters. The molecule has 0 bridgehead atoms. The molecule has 0 aliphatic rings. The van der Waals surface area contributed by atoms with Gasteiger partial charge in [0.2, 0.25) is 0 Å². The van der Waals surface area contributed by atoms with Gasteiger partial charge in [-0.05, 0) is 61.3 Å². The number of hydrogen-bond donors (Lipinski definition) is 1. The third-order valence-electron chi connectivity index (χ3n) is 4.56. The highest BCUT2D eigenvalue weighted by molar-refractivity contribution is 6.30. The monoisotopic (exact) mass is 397 g/mol.